The van der Waals surface area contributed by atoms with Crippen molar-refractivity contribution in [2.45, 2.75) is 17.1 Å². The molecule has 0 radical (unpaired) electrons. The summed E-state index contributed by atoms with van der Waals surface area (Å²) in [6.45, 7) is 1.42. The smallest absolute Gasteiger partial charge is 0.417 e. The van der Waals surface area contributed by atoms with Crippen molar-refractivity contribution in [3.05, 3.63) is 88.8 Å². The van der Waals surface area contributed by atoms with Gasteiger partial charge in [0.2, 0.25) is 5.13 Å². The number of rotatable bonds is 8. The number of hydrogen-bond acceptors (Lipinski definition) is 8. The predicted octanol–water partition coefficient (Wildman–Crippen LogP) is 6.96. The number of aromatic nitrogens is 4. The zero-order valence-electron chi connectivity index (χ0n) is 22.6. The molecule has 0 aliphatic carbocycles. The number of anilines is 1. The summed E-state index contributed by atoms with van der Waals surface area (Å²) in [5.74, 6) is -1.23. The first-order valence-electron chi connectivity index (χ1n) is 12.9. The van der Waals surface area contributed by atoms with Crippen LogP contribution < -0.4 is 9.46 Å². The van der Waals surface area contributed by atoms with Crippen LogP contribution >= 0.6 is 22.9 Å². The summed E-state index contributed by atoms with van der Waals surface area (Å²) in [6, 6.07) is 13.1. The van der Waals surface area contributed by atoms with E-state index in [-0.39, 0.29) is 38.8 Å². The number of nitrogens with zero attached hydrogens (tertiary/aromatic N) is 5. The van der Waals surface area contributed by atoms with E-state index in [4.69, 9.17) is 16.3 Å². The van der Waals surface area contributed by atoms with E-state index >= 15 is 4.39 Å². The Bertz CT molecular complexity index is 1950. The molecule has 0 unspecified atom stereocenters. The molecule has 0 bridgehead atoms. The first-order valence-corrected chi connectivity index (χ1v) is 15.6. The predicted molar refractivity (Wildman–Crippen MR) is 157 cm³/mol. The molecule has 2 aromatic heterocycles. The minimum absolute atomic E-state index is 0.00928. The van der Waals surface area contributed by atoms with Crippen molar-refractivity contribution in [3.63, 3.8) is 0 Å². The highest BCUT2D eigenvalue weighted by atomic mass is 35.5. The van der Waals surface area contributed by atoms with Crippen LogP contribution in [0.5, 0.6) is 11.5 Å². The molecular formula is C28H21ClF4N6O3S2. The second-order valence-electron chi connectivity index (χ2n) is 9.95. The fourth-order valence-corrected chi connectivity index (χ4v) is 6.95. The van der Waals surface area contributed by atoms with Gasteiger partial charge in [-0.05, 0) is 48.5 Å². The molecular weight excluding hydrogens is 644 g/mol. The van der Waals surface area contributed by atoms with Crippen LogP contribution in [0, 0.1) is 5.82 Å². The second kappa shape index (κ2) is 11.5. The SMILES string of the molecule is CN1CC(n2nccc2-c2cc(-c3ccccc3C(F)(F)F)ccc2Oc2cc(F)c(S(=O)(=O)Nc3nncs3)cc2Cl)C1. The van der Waals surface area contributed by atoms with E-state index in [1.165, 1.54) is 35.8 Å². The molecule has 44 heavy (non-hydrogen) atoms. The third-order valence-corrected chi connectivity index (χ3v) is 9.32. The van der Waals surface area contributed by atoms with Crippen molar-refractivity contribution >= 4 is 38.1 Å². The monoisotopic (exact) mass is 664 g/mol. The number of hydrogen-bond donors (Lipinski definition) is 1. The molecule has 6 rings (SSSR count). The van der Waals surface area contributed by atoms with E-state index in [0.717, 1.165) is 29.5 Å². The van der Waals surface area contributed by atoms with Crippen LogP contribution in [0.4, 0.5) is 22.7 Å². The summed E-state index contributed by atoms with van der Waals surface area (Å²) in [4.78, 5) is 1.35. The number of likely N-dealkylation sites (tertiary alicyclic amines) is 1. The Morgan fingerprint density at radius 3 is 2.52 bits per heavy atom. The molecule has 3 heterocycles. The van der Waals surface area contributed by atoms with Crippen LogP contribution in [0.2, 0.25) is 5.02 Å². The summed E-state index contributed by atoms with van der Waals surface area (Å²) in [5, 5.41) is 11.3. The molecule has 1 aliphatic rings. The van der Waals surface area contributed by atoms with Crippen molar-refractivity contribution in [2.24, 2.45) is 0 Å². The average Bonchev–Trinajstić information content (AvgIpc) is 3.65. The maximum absolute atomic E-state index is 15.2. The van der Waals surface area contributed by atoms with Gasteiger partial charge in [-0.15, -0.1) is 10.2 Å². The molecule has 16 heteroatoms. The first-order chi connectivity index (χ1) is 20.9. The molecule has 228 valence electrons. The largest absolute Gasteiger partial charge is 0.455 e. The van der Waals surface area contributed by atoms with E-state index in [2.05, 4.69) is 24.9 Å². The van der Waals surface area contributed by atoms with Gasteiger partial charge >= 0.3 is 6.18 Å². The topological polar surface area (TPSA) is 102 Å². The average molecular weight is 665 g/mol. The fraction of sp³-hybridized carbons (Fsp3) is 0.179. The number of halogens is 5. The number of sulfonamides is 1. The fourth-order valence-electron chi connectivity index (χ4n) is 4.91. The Morgan fingerprint density at radius 1 is 1.05 bits per heavy atom. The van der Waals surface area contributed by atoms with Gasteiger partial charge in [-0.1, -0.05) is 47.2 Å². The lowest BCUT2D eigenvalue weighted by atomic mass is 9.96. The third-order valence-electron chi connectivity index (χ3n) is 6.94. The minimum atomic E-state index is -4.59. The van der Waals surface area contributed by atoms with Crippen molar-refractivity contribution in [2.75, 3.05) is 24.9 Å². The molecule has 0 amide bonds. The van der Waals surface area contributed by atoms with E-state index in [9.17, 15) is 21.6 Å². The van der Waals surface area contributed by atoms with E-state index in [0.29, 0.717) is 24.3 Å². The van der Waals surface area contributed by atoms with Crippen LogP contribution in [0.3, 0.4) is 0 Å². The number of likely N-dealkylation sites (N-methyl/N-ethyl adjacent to an activating group) is 1. The molecule has 1 saturated heterocycles. The maximum Gasteiger partial charge on any atom is 0.417 e. The van der Waals surface area contributed by atoms with Gasteiger partial charge in [0.25, 0.3) is 10.0 Å². The van der Waals surface area contributed by atoms with Crippen LogP contribution in [-0.4, -0.2) is 53.4 Å². The molecule has 1 N–H and O–H groups in total. The molecule has 9 nitrogen and oxygen atoms in total. The van der Waals surface area contributed by atoms with Crippen LogP contribution in [0.15, 0.2) is 77.3 Å². The summed E-state index contributed by atoms with van der Waals surface area (Å²) in [5.41, 5.74) is 1.65. The highest BCUT2D eigenvalue weighted by Crippen LogP contribution is 2.43. The zero-order chi connectivity index (χ0) is 31.2. The number of ether oxygens (including phenoxy) is 1. The Labute approximate surface area is 257 Å². The number of alkyl halides is 3. The number of nitrogens with one attached hydrogen (secondary N) is 1. The zero-order valence-corrected chi connectivity index (χ0v) is 25.0. The second-order valence-corrected chi connectivity index (χ2v) is 12.8. The van der Waals surface area contributed by atoms with Crippen LogP contribution in [-0.2, 0) is 16.2 Å². The Kier molecular flexibility index (Phi) is 7.82. The van der Waals surface area contributed by atoms with E-state index < -0.39 is 32.5 Å². The van der Waals surface area contributed by atoms with Gasteiger partial charge in [-0.3, -0.25) is 9.40 Å². The molecule has 1 aliphatic heterocycles. The Morgan fingerprint density at radius 2 is 1.82 bits per heavy atom. The first kappa shape index (κ1) is 30.0. The van der Waals surface area contributed by atoms with Crippen molar-refractivity contribution < 1.29 is 30.7 Å². The summed E-state index contributed by atoms with van der Waals surface area (Å²) < 4.78 is 92.4. The lowest BCUT2D eigenvalue weighted by molar-refractivity contribution is -0.137. The molecule has 3 aromatic carbocycles. The standard InChI is InChI=1S/C28H21ClF4N6O3S2/c1-38-13-17(14-38)39-23(8-9-35-39)19-10-16(18-4-2-3-5-20(18)28(31,32)33)6-7-24(19)42-25-12-22(30)26(11-21(25)29)44(40,41)37-27-36-34-15-43-27/h2-12,15,17H,13-14H2,1H3,(H,36,37). The molecule has 0 spiro atoms. The molecule has 0 atom stereocenters. The minimum Gasteiger partial charge on any atom is -0.455 e. The van der Waals surface area contributed by atoms with Crippen molar-refractivity contribution in [1.29, 1.82) is 0 Å². The Hall–Kier alpha value is -4.05. The lowest BCUT2D eigenvalue weighted by Crippen LogP contribution is -2.45. The van der Waals surface area contributed by atoms with Gasteiger partial charge in [0.1, 0.15) is 27.7 Å². The van der Waals surface area contributed by atoms with Crippen molar-refractivity contribution in [3.8, 4) is 33.9 Å². The van der Waals surface area contributed by atoms with Gasteiger partial charge in [0.15, 0.2) is 0 Å². The highest BCUT2D eigenvalue weighted by Gasteiger charge is 2.34. The summed E-state index contributed by atoms with van der Waals surface area (Å²) in [6.07, 6.45) is -3.02. The van der Waals surface area contributed by atoms with Gasteiger partial charge < -0.3 is 9.64 Å². The highest BCUT2D eigenvalue weighted by molar-refractivity contribution is 7.93. The number of benzene rings is 3. The quantitative estimate of drug-likeness (QED) is 0.179. The molecule has 0 saturated carbocycles. The summed E-state index contributed by atoms with van der Waals surface area (Å²) >= 11 is 7.29. The van der Waals surface area contributed by atoms with Crippen LogP contribution in [0.1, 0.15) is 11.6 Å². The normalized spacial score (nSPS) is 14.4. The van der Waals surface area contributed by atoms with Crippen LogP contribution in [0.25, 0.3) is 22.4 Å². The molecule has 1 fully saturated rings. The maximum atomic E-state index is 15.2. The summed E-state index contributed by atoms with van der Waals surface area (Å²) in [7, 11) is -2.45. The van der Waals surface area contributed by atoms with Gasteiger partial charge in [-0.2, -0.15) is 18.3 Å². The van der Waals surface area contributed by atoms with Gasteiger partial charge in [0, 0.05) is 30.9 Å². The lowest BCUT2D eigenvalue weighted by Gasteiger charge is -2.37. The van der Waals surface area contributed by atoms with Gasteiger partial charge in [0.05, 0.1) is 22.3 Å². The van der Waals surface area contributed by atoms with Crippen molar-refractivity contribution in [1.82, 2.24) is 24.9 Å². The van der Waals surface area contributed by atoms with E-state index in [1.807, 2.05) is 7.05 Å². The third kappa shape index (κ3) is 5.87. The van der Waals surface area contributed by atoms with Gasteiger partial charge in [-0.25, -0.2) is 12.8 Å². The van der Waals surface area contributed by atoms with E-state index in [1.54, 1.807) is 23.0 Å². The Balaban J connectivity index is 1.43. The molecule has 5 aromatic rings.